The third-order valence-corrected chi connectivity index (χ3v) is 7.46. The highest BCUT2D eigenvalue weighted by molar-refractivity contribution is 7.90. The molecule has 0 spiro atoms. The van der Waals surface area contributed by atoms with Crippen LogP contribution in [0.4, 0.5) is 37.8 Å². The monoisotopic (exact) mass is 536 g/mol. The van der Waals surface area contributed by atoms with Gasteiger partial charge in [-0.3, -0.25) is 4.79 Å². The Kier molecular flexibility index (Phi) is 6.84. The van der Waals surface area contributed by atoms with Crippen LogP contribution in [0.1, 0.15) is 24.8 Å². The highest BCUT2D eigenvalue weighted by Crippen LogP contribution is 2.33. The summed E-state index contributed by atoms with van der Waals surface area (Å²) < 4.78 is 104. The average molecular weight is 536 g/mol. The summed E-state index contributed by atoms with van der Waals surface area (Å²) in [6, 6.07) is 0.585. The van der Waals surface area contributed by atoms with Gasteiger partial charge in [0.05, 0.1) is 11.3 Å². The fourth-order valence-electron chi connectivity index (χ4n) is 4.52. The molecular weight excluding hydrogens is 514 g/mol. The summed E-state index contributed by atoms with van der Waals surface area (Å²) in [6.07, 6.45) is -2.26. The molecule has 2 saturated heterocycles. The first-order chi connectivity index (χ1) is 16.8. The molecule has 0 aliphatic carbocycles. The minimum Gasteiger partial charge on any atom is -0.371 e. The number of sulfone groups is 1. The molecule has 0 bridgehead atoms. The molecule has 1 aromatic heterocycles. The summed E-state index contributed by atoms with van der Waals surface area (Å²) in [7, 11) is -3.97. The summed E-state index contributed by atoms with van der Waals surface area (Å²) >= 11 is 0. The Morgan fingerprint density at radius 2 is 1.64 bits per heavy atom. The molecule has 36 heavy (non-hydrogen) atoms. The van der Waals surface area contributed by atoms with E-state index in [4.69, 9.17) is 0 Å². The molecule has 7 nitrogen and oxygen atoms in total. The van der Waals surface area contributed by atoms with Crippen molar-refractivity contribution in [3.8, 4) is 0 Å². The van der Waals surface area contributed by atoms with E-state index in [9.17, 15) is 39.6 Å². The highest BCUT2D eigenvalue weighted by Gasteiger charge is 2.38. The van der Waals surface area contributed by atoms with Crippen molar-refractivity contribution in [2.24, 2.45) is 0 Å². The zero-order valence-electron chi connectivity index (χ0n) is 18.9. The van der Waals surface area contributed by atoms with E-state index in [0.29, 0.717) is 50.2 Å². The summed E-state index contributed by atoms with van der Waals surface area (Å²) in [4.78, 5) is 18.9. The van der Waals surface area contributed by atoms with Crippen LogP contribution in [-0.4, -0.2) is 62.2 Å². The molecule has 1 N–H and O–H groups in total. The van der Waals surface area contributed by atoms with Gasteiger partial charge in [0.2, 0.25) is 5.91 Å². The van der Waals surface area contributed by atoms with Gasteiger partial charge in [0.15, 0.2) is 21.5 Å². The lowest BCUT2D eigenvalue weighted by molar-refractivity contribution is -0.138. The summed E-state index contributed by atoms with van der Waals surface area (Å²) in [5.41, 5.74) is -1.51. The molecule has 196 valence electrons. The fraction of sp³-hybridized carbons (Fsp3) is 0.455. The van der Waals surface area contributed by atoms with Gasteiger partial charge in [-0.25, -0.2) is 26.6 Å². The maximum absolute atomic E-state index is 14.4. The molecule has 0 radical (unpaired) electrons. The van der Waals surface area contributed by atoms with Crippen molar-refractivity contribution in [2.45, 2.75) is 42.4 Å². The normalized spacial score (nSPS) is 19.8. The number of halogens is 6. The molecule has 1 atom stereocenters. The SMILES string of the molecule is CS(=O)(=O)c1cc(F)c(N[C@H]2CCN(C3CCN(c4ncc(C(F)(F)F)cc4F)CC3)C2=O)cc1F. The number of anilines is 2. The van der Waals surface area contributed by atoms with Crippen molar-refractivity contribution in [2.75, 3.05) is 36.1 Å². The number of aromatic nitrogens is 1. The summed E-state index contributed by atoms with van der Waals surface area (Å²) in [5, 5.41) is 2.64. The zero-order chi connectivity index (χ0) is 26.4. The van der Waals surface area contributed by atoms with Gasteiger partial charge in [-0.1, -0.05) is 0 Å². The van der Waals surface area contributed by atoms with E-state index in [0.717, 1.165) is 6.26 Å². The predicted octanol–water partition coefficient (Wildman–Crippen LogP) is 3.60. The lowest BCUT2D eigenvalue weighted by Gasteiger charge is -2.37. The number of alkyl halides is 3. The second kappa shape index (κ2) is 9.45. The number of likely N-dealkylation sites (tertiary alicyclic amines) is 1. The van der Waals surface area contributed by atoms with E-state index in [1.165, 1.54) is 4.90 Å². The second-order valence-corrected chi connectivity index (χ2v) is 10.8. The van der Waals surface area contributed by atoms with Crippen molar-refractivity contribution in [1.29, 1.82) is 0 Å². The Bertz CT molecular complexity index is 1280. The number of amides is 1. The third kappa shape index (κ3) is 5.22. The van der Waals surface area contributed by atoms with Crippen LogP contribution in [0, 0.1) is 17.5 Å². The van der Waals surface area contributed by atoms with Crippen LogP contribution in [0.25, 0.3) is 0 Å². The third-order valence-electron chi connectivity index (χ3n) is 6.34. The number of nitrogens with zero attached hydrogens (tertiary/aromatic N) is 3. The van der Waals surface area contributed by atoms with E-state index >= 15 is 0 Å². The molecular formula is C22H22F6N4O3S. The predicted molar refractivity (Wildman–Crippen MR) is 118 cm³/mol. The van der Waals surface area contributed by atoms with E-state index in [1.807, 2.05) is 0 Å². The Morgan fingerprint density at radius 3 is 2.22 bits per heavy atom. The number of pyridine rings is 1. The first-order valence-corrected chi connectivity index (χ1v) is 12.9. The lowest BCUT2D eigenvalue weighted by Crippen LogP contribution is -2.47. The average Bonchev–Trinajstić information content (AvgIpc) is 3.14. The molecule has 2 fully saturated rings. The van der Waals surface area contributed by atoms with Gasteiger partial charge in [0.1, 0.15) is 22.6 Å². The quantitative estimate of drug-likeness (QED) is 0.589. The van der Waals surface area contributed by atoms with Crippen molar-refractivity contribution < 1.29 is 39.6 Å². The molecule has 2 aliphatic rings. The molecule has 1 amide bonds. The first kappa shape index (κ1) is 26.0. The Hall–Kier alpha value is -3.03. The van der Waals surface area contributed by atoms with Gasteiger partial charge in [-0.2, -0.15) is 13.2 Å². The van der Waals surface area contributed by atoms with E-state index in [2.05, 4.69) is 10.3 Å². The molecule has 3 heterocycles. The zero-order valence-corrected chi connectivity index (χ0v) is 19.8. The number of carbonyl (C=O) groups is 1. The van der Waals surface area contributed by atoms with Crippen molar-refractivity contribution in [3.05, 3.63) is 47.4 Å². The number of piperidine rings is 1. The standard InChI is InChI=1S/C22H22F6N4O3S/c1-36(34,35)19-10-14(23)18(9-15(19)24)30-17-4-7-32(21(17)33)13-2-5-31(6-3-13)20-16(25)8-12(11-29-20)22(26,27)28/h8-11,13,17,30H,2-7H2,1H3/t17-/m0/s1. The largest absolute Gasteiger partial charge is 0.417 e. The topological polar surface area (TPSA) is 82.6 Å². The fourth-order valence-corrected chi connectivity index (χ4v) is 5.25. The number of hydrogen-bond donors (Lipinski definition) is 1. The minimum absolute atomic E-state index is 0.191. The maximum Gasteiger partial charge on any atom is 0.417 e. The van der Waals surface area contributed by atoms with Crippen LogP contribution in [0.5, 0.6) is 0 Å². The van der Waals surface area contributed by atoms with Crippen molar-refractivity contribution in [3.63, 3.8) is 0 Å². The second-order valence-electron chi connectivity index (χ2n) is 8.80. The van der Waals surface area contributed by atoms with Crippen LogP contribution in [0.2, 0.25) is 0 Å². The Balaban J connectivity index is 1.38. The molecule has 1 aromatic carbocycles. The Labute approximate surface area is 203 Å². The van der Waals surface area contributed by atoms with E-state index < -0.39 is 50.0 Å². The highest BCUT2D eigenvalue weighted by atomic mass is 32.2. The van der Waals surface area contributed by atoms with Gasteiger partial charge in [0.25, 0.3) is 0 Å². The molecule has 2 aromatic rings. The van der Waals surface area contributed by atoms with Gasteiger partial charge in [-0.15, -0.1) is 0 Å². The molecule has 4 rings (SSSR count). The number of carbonyl (C=O) groups excluding carboxylic acids is 1. The van der Waals surface area contributed by atoms with Gasteiger partial charge >= 0.3 is 6.18 Å². The van der Waals surface area contributed by atoms with Crippen LogP contribution in [-0.2, 0) is 20.8 Å². The lowest BCUT2D eigenvalue weighted by atomic mass is 10.0. The van der Waals surface area contributed by atoms with Gasteiger partial charge in [0, 0.05) is 44.2 Å². The van der Waals surface area contributed by atoms with Crippen molar-refractivity contribution >= 4 is 27.2 Å². The molecule has 0 unspecified atom stereocenters. The number of nitrogens with one attached hydrogen (secondary N) is 1. The van der Waals surface area contributed by atoms with Crippen LogP contribution in [0.3, 0.4) is 0 Å². The number of benzene rings is 1. The number of rotatable bonds is 5. The molecule has 14 heteroatoms. The summed E-state index contributed by atoms with van der Waals surface area (Å²) in [5.74, 6) is -3.77. The van der Waals surface area contributed by atoms with Crippen molar-refractivity contribution in [1.82, 2.24) is 9.88 Å². The van der Waals surface area contributed by atoms with E-state index in [1.54, 1.807) is 4.90 Å². The molecule has 0 saturated carbocycles. The first-order valence-electron chi connectivity index (χ1n) is 11.0. The molecule has 2 aliphatic heterocycles. The maximum atomic E-state index is 14.4. The van der Waals surface area contributed by atoms with Crippen LogP contribution in [0.15, 0.2) is 29.3 Å². The number of hydrogen-bond acceptors (Lipinski definition) is 6. The van der Waals surface area contributed by atoms with Crippen LogP contribution >= 0.6 is 0 Å². The smallest absolute Gasteiger partial charge is 0.371 e. The van der Waals surface area contributed by atoms with Gasteiger partial charge in [-0.05, 0) is 31.4 Å². The minimum atomic E-state index is -4.70. The van der Waals surface area contributed by atoms with E-state index in [-0.39, 0.29) is 36.5 Å². The Morgan fingerprint density at radius 1 is 0.972 bits per heavy atom. The van der Waals surface area contributed by atoms with Gasteiger partial charge < -0.3 is 15.1 Å². The summed E-state index contributed by atoms with van der Waals surface area (Å²) in [6.45, 7) is 0.850. The van der Waals surface area contributed by atoms with Crippen LogP contribution < -0.4 is 10.2 Å².